The highest BCUT2D eigenvalue weighted by Crippen LogP contribution is 2.38. The molecule has 168 valence electrons. The van der Waals surface area contributed by atoms with E-state index in [4.69, 9.17) is 14.2 Å². The number of anilines is 1. The summed E-state index contributed by atoms with van der Waals surface area (Å²) >= 11 is 6.87. The van der Waals surface area contributed by atoms with E-state index >= 15 is 0 Å². The van der Waals surface area contributed by atoms with Crippen LogP contribution in [0.5, 0.6) is 11.5 Å². The molecular weight excluding hydrogens is 544 g/mol. The molecule has 0 bridgehead atoms. The van der Waals surface area contributed by atoms with Gasteiger partial charge in [-0.15, -0.1) is 0 Å². The van der Waals surface area contributed by atoms with Gasteiger partial charge in [0.25, 0.3) is 5.91 Å². The van der Waals surface area contributed by atoms with E-state index in [1.165, 1.54) is 5.01 Å². The van der Waals surface area contributed by atoms with Gasteiger partial charge in [-0.1, -0.05) is 15.9 Å². The van der Waals surface area contributed by atoms with Gasteiger partial charge in [-0.3, -0.25) is 4.79 Å². The zero-order valence-corrected chi connectivity index (χ0v) is 21.0. The van der Waals surface area contributed by atoms with Crippen LogP contribution in [0.4, 0.5) is 5.69 Å². The summed E-state index contributed by atoms with van der Waals surface area (Å²) in [5, 5.41) is 5.79. The van der Waals surface area contributed by atoms with Crippen molar-refractivity contribution in [2.75, 3.05) is 24.8 Å². The van der Waals surface area contributed by atoms with E-state index in [9.17, 15) is 9.59 Å². The number of hydrazone groups is 1. The molecule has 0 unspecified atom stereocenters. The maximum atomic E-state index is 13.0. The van der Waals surface area contributed by atoms with Crippen LogP contribution in [-0.4, -0.2) is 37.4 Å². The first-order valence-electron chi connectivity index (χ1n) is 9.96. The van der Waals surface area contributed by atoms with Gasteiger partial charge in [0.1, 0.15) is 0 Å². The molecule has 0 spiro atoms. The zero-order valence-electron chi connectivity index (χ0n) is 17.9. The standard InChI is InChI=1S/C23H22Br2N2O5/c1-4-30-20-12-15(11-19(25)22(20)32-13-21(28)31-5-2)10-18-14(3)26-27(23(18)29)17-8-6-16(24)7-9-17/h6-12H,4-5,13H2,1-3H3/b18-10+. The zero-order chi connectivity index (χ0) is 23.3. The number of amides is 1. The minimum Gasteiger partial charge on any atom is -0.490 e. The molecule has 2 aromatic rings. The van der Waals surface area contributed by atoms with Crippen molar-refractivity contribution in [2.45, 2.75) is 20.8 Å². The van der Waals surface area contributed by atoms with E-state index < -0.39 is 5.97 Å². The van der Waals surface area contributed by atoms with Gasteiger partial charge in [0.2, 0.25) is 0 Å². The summed E-state index contributed by atoms with van der Waals surface area (Å²) in [6.07, 6.45) is 1.75. The topological polar surface area (TPSA) is 77.4 Å². The highest BCUT2D eigenvalue weighted by atomic mass is 79.9. The molecule has 32 heavy (non-hydrogen) atoms. The number of hydrogen-bond acceptors (Lipinski definition) is 6. The SMILES string of the molecule is CCOC(=O)COc1c(Br)cc(/C=C2/C(=O)N(c3ccc(Br)cc3)N=C2C)cc1OCC. The van der Waals surface area contributed by atoms with Crippen molar-refractivity contribution in [2.24, 2.45) is 5.10 Å². The van der Waals surface area contributed by atoms with Crippen molar-refractivity contribution in [3.05, 3.63) is 56.5 Å². The number of esters is 1. The van der Waals surface area contributed by atoms with Crippen LogP contribution in [0, 0.1) is 0 Å². The van der Waals surface area contributed by atoms with Gasteiger partial charge in [0.15, 0.2) is 18.1 Å². The van der Waals surface area contributed by atoms with Crippen molar-refractivity contribution in [1.29, 1.82) is 0 Å². The Bertz CT molecular complexity index is 1080. The number of halogens is 2. The average Bonchev–Trinajstić information content (AvgIpc) is 3.02. The van der Waals surface area contributed by atoms with Crippen molar-refractivity contribution in [3.8, 4) is 11.5 Å². The summed E-state index contributed by atoms with van der Waals surface area (Å²) in [6.45, 7) is 5.81. The van der Waals surface area contributed by atoms with Crippen LogP contribution >= 0.6 is 31.9 Å². The molecule has 0 saturated carbocycles. The number of rotatable bonds is 8. The molecule has 1 aliphatic rings. The largest absolute Gasteiger partial charge is 0.490 e. The molecule has 0 N–H and O–H groups in total. The van der Waals surface area contributed by atoms with Crippen LogP contribution in [0.3, 0.4) is 0 Å². The van der Waals surface area contributed by atoms with Crippen LogP contribution in [-0.2, 0) is 14.3 Å². The van der Waals surface area contributed by atoms with E-state index in [0.717, 1.165) is 10.0 Å². The van der Waals surface area contributed by atoms with Crippen molar-refractivity contribution < 1.29 is 23.8 Å². The smallest absolute Gasteiger partial charge is 0.344 e. The Hall–Kier alpha value is -2.65. The van der Waals surface area contributed by atoms with Crippen LogP contribution < -0.4 is 14.5 Å². The minimum atomic E-state index is -0.468. The van der Waals surface area contributed by atoms with Crippen LogP contribution in [0.1, 0.15) is 26.3 Å². The van der Waals surface area contributed by atoms with Crippen LogP contribution in [0.15, 0.2) is 56.0 Å². The molecule has 7 nitrogen and oxygen atoms in total. The highest BCUT2D eigenvalue weighted by Gasteiger charge is 2.29. The first-order chi connectivity index (χ1) is 15.3. The number of carbonyl (C=O) groups is 2. The third-order valence-electron chi connectivity index (χ3n) is 4.42. The van der Waals surface area contributed by atoms with Crippen molar-refractivity contribution in [1.82, 2.24) is 0 Å². The quantitative estimate of drug-likeness (QED) is 0.318. The van der Waals surface area contributed by atoms with E-state index in [1.807, 2.05) is 31.2 Å². The maximum absolute atomic E-state index is 13.0. The predicted molar refractivity (Wildman–Crippen MR) is 130 cm³/mol. The van der Waals surface area contributed by atoms with Crippen LogP contribution in [0.25, 0.3) is 6.08 Å². The molecule has 0 aromatic heterocycles. The first kappa shape index (κ1) is 24.0. The molecular formula is C23H22Br2N2O5. The molecule has 1 aliphatic heterocycles. The molecule has 0 fully saturated rings. The lowest BCUT2D eigenvalue weighted by molar-refractivity contribution is -0.145. The lowest BCUT2D eigenvalue weighted by atomic mass is 10.1. The fourth-order valence-corrected chi connectivity index (χ4v) is 3.85. The molecule has 0 radical (unpaired) electrons. The van der Waals surface area contributed by atoms with Gasteiger partial charge in [0.05, 0.1) is 34.7 Å². The molecule has 1 heterocycles. The van der Waals surface area contributed by atoms with E-state index in [1.54, 1.807) is 32.1 Å². The summed E-state index contributed by atoms with van der Waals surface area (Å²) < 4.78 is 17.7. The third-order valence-corrected chi connectivity index (χ3v) is 5.53. The fourth-order valence-electron chi connectivity index (χ4n) is 3.02. The second-order valence-corrected chi connectivity index (χ2v) is 8.46. The summed E-state index contributed by atoms with van der Waals surface area (Å²) in [6, 6.07) is 10.9. The van der Waals surface area contributed by atoms with Crippen LogP contribution in [0.2, 0.25) is 0 Å². The summed E-state index contributed by atoms with van der Waals surface area (Å²) in [7, 11) is 0. The van der Waals surface area contributed by atoms with Crippen molar-refractivity contribution in [3.63, 3.8) is 0 Å². The Morgan fingerprint density at radius 2 is 1.81 bits per heavy atom. The first-order valence-corrected chi connectivity index (χ1v) is 11.5. The summed E-state index contributed by atoms with van der Waals surface area (Å²) in [4.78, 5) is 24.7. The molecule has 1 amide bonds. The number of carbonyl (C=O) groups excluding carboxylic acids is 2. The van der Waals surface area contributed by atoms with E-state index in [-0.39, 0.29) is 19.1 Å². The molecule has 2 aromatic carbocycles. The monoisotopic (exact) mass is 564 g/mol. The lowest BCUT2D eigenvalue weighted by Gasteiger charge is -2.14. The molecule has 0 atom stereocenters. The summed E-state index contributed by atoms with van der Waals surface area (Å²) in [5.41, 5.74) is 2.48. The van der Waals surface area contributed by atoms with Gasteiger partial charge in [-0.25, -0.2) is 4.79 Å². The van der Waals surface area contributed by atoms with Gasteiger partial charge >= 0.3 is 5.97 Å². The Morgan fingerprint density at radius 3 is 2.47 bits per heavy atom. The average molecular weight is 566 g/mol. The molecule has 0 aliphatic carbocycles. The Kier molecular flexibility index (Phi) is 8.09. The number of benzene rings is 2. The Balaban J connectivity index is 1.89. The number of hydrogen-bond donors (Lipinski definition) is 0. The van der Waals surface area contributed by atoms with Gasteiger partial charge in [0, 0.05) is 4.47 Å². The van der Waals surface area contributed by atoms with E-state index in [2.05, 4.69) is 37.0 Å². The third kappa shape index (κ3) is 5.58. The maximum Gasteiger partial charge on any atom is 0.344 e. The van der Waals surface area contributed by atoms with Crippen molar-refractivity contribution >= 4 is 61.2 Å². The number of ether oxygens (including phenoxy) is 3. The second-order valence-electron chi connectivity index (χ2n) is 6.69. The predicted octanol–water partition coefficient (Wildman–Crippen LogP) is 5.36. The van der Waals surface area contributed by atoms with Gasteiger partial charge < -0.3 is 14.2 Å². The molecule has 0 saturated heterocycles. The lowest BCUT2D eigenvalue weighted by Crippen LogP contribution is -2.21. The molecule has 3 rings (SSSR count). The minimum absolute atomic E-state index is 0.221. The van der Waals surface area contributed by atoms with E-state index in [0.29, 0.717) is 39.6 Å². The fraction of sp³-hybridized carbons (Fsp3) is 0.261. The Labute approximate surface area is 203 Å². The molecule has 9 heteroatoms. The van der Waals surface area contributed by atoms with Gasteiger partial charge in [-0.05, 0) is 84.7 Å². The number of nitrogens with zero attached hydrogens (tertiary/aromatic N) is 2. The highest BCUT2D eigenvalue weighted by molar-refractivity contribution is 9.10. The van der Waals surface area contributed by atoms with Gasteiger partial charge in [-0.2, -0.15) is 10.1 Å². The summed E-state index contributed by atoms with van der Waals surface area (Å²) in [5.74, 6) is 0.149. The normalized spacial score (nSPS) is 14.5. The Morgan fingerprint density at radius 1 is 1.09 bits per heavy atom. The second kappa shape index (κ2) is 10.8.